The van der Waals surface area contributed by atoms with E-state index < -0.39 is 5.97 Å². The summed E-state index contributed by atoms with van der Waals surface area (Å²) in [5.74, 6) is 0.301. The van der Waals surface area contributed by atoms with Crippen molar-refractivity contribution in [2.24, 2.45) is 5.92 Å². The fraction of sp³-hybridized carbons (Fsp3) is 0.500. The lowest BCUT2D eigenvalue weighted by Gasteiger charge is -2.31. The number of piperidine rings is 1. The zero-order chi connectivity index (χ0) is 12.4. The van der Waals surface area contributed by atoms with Crippen LogP contribution < -0.4 is 4.90 Å². The largest absolute Gasteiger partial charge is 0.478 e. The molecule has 4 nitrogen and oxygen atoms in total. The first-order chi connectivity index (χ1) is 8.09. The Balaban J connectivity index is 2.27. The fourth-order valence-corrected chi connectivity index (χ4v) is 2.35. The average Bonchev–Trinajstić information content (AvgIpc) is 2.30. The number of pyridine rings is 1. The van der Waals surface area contributed by atoms with Crippen LogP contribution in [-0.2, 0) is 0 Å². The molecule has 1 aromatic rings. The number of aromatic nitrogens is 1. The molecule has 1 aromatic heterocycles. The predicted molar refractivity (Wildman–Crippen MR) is 66.8 cm³/mol. The molecule has 0 amide bonds. The van der Waals surface area contributed by atoms with Gasteiger partial charge in [0.1, 0.15) is 5.82 Å². The van der Waals surface area contributed by atoms with Gasteiger partial charge < -0.3 is 10.0 Å². The zero-order valence-corrected chi connectivity index (χ0v) is 10.4. The van der Waals surface area contributed by atoms with Crippen molar-refractivity contribution in [3.05, 3.63) is 22.8 Å². The number of anilines is 1. The molecule has 1 aliphatic heterocycles. The topological polar surface area (TPSA) is 53.4 Å². The van der Waals surface area contributed by atoms with E-state index in [0.717, 1.165) is 25.9 Å². The van der Waals surface area contributed by atoms with Gasteiger partial charge in [0.05, 0.1) is 10.6 Å². The van der Waals surface area contributed by atoms with Crippen LogP contribution >= 0.6 is 11.6 Å². The number of rotatable bonds is 2. The Kier molecular flexibility index (Phi) is 3.52. The number of halogens is 1. The summed E-state index contributed by atoms with van der Waals surface area (Å²) in [6.45, 7) is 3.99. The first-order valence-corrected chi connectivity index (χ1v) is 6.10. The van der Waals surface area contributed by atoms with Crippen LogP contribution in [0.1, 0.15) is 30.1 Å². The normalized spacial score (nSPS) is 17.2. The van der Waals surface area contributed by atoms with Crippen molar-refractivity contribution in [3.63, 3.8) is 0 Å². The highest BCUT2D eigenvalue weighted by atomic mass is 35.5. The third-order valence-electron chi connectivity index (χ3n) is 3.18. The second kappa shape index (κ2) is 4.92. The Labute approximate surface area is 105 Å². The van der Waals surface area contributed by atoms with Crippen molar-refractivity contribution in [2.75, 3.05) is 18.0 Å². The lowest BCUT2D eigenvalue weighted by atomic mass is 9.99. The second-order valence-corrected chi connectivity index (χ2v) is 4.85. The van der Waals surface area contributed by atoms with E-state index in [2.05, 4.69) is 16.8 Å². The van der Waals surface area contributed by atoms with Crippen molar-refractivity contribution >= 4 is 23.4 Å². The van der Waals surface area contributed by atoms with Crippen molar-refractivity contribution in [1.29, 1.82) is 0 Å². The smallest absolute Gasteiger partial charge is 0.337 e. The molecule has 0 unspecified atom stereocenters. The summed E-state index contributed by atoms with van der Waals surface area (Å²) in [7, 11) is 0. The average molecular weight is 255 g/mol. The molecule has 0 saturated carbocycles. The molecule has 1 fully saturated rings. The summed E-state index contributed by atoms with van der Waals surface area (Å²) in [5, 5.41) is 9.24. The zero-order valence-electron chi connectivity index (χ0n) is 9.69. The number of carbonyl (C=O) groups is 1. The van der Waals surface area contributed by atoms with Gasteiger partial charge in [-0.1, -0.05) is 18.5 Å². The van der Waals surface area contributed by atoms with Crippen molar-refractivity contribution < 1.29 is 9.90 Å². The van der Waals surface area contributed by atoms with Gasteiger partial charge >= 0.3 is 5.97 Å². The van der Waals surface area contributed by atoms with Gasteiger partial charge in [-0.15, -0.1) is 0 Å². The number of nitrogens with zero attached hydrogens (tertiary/aromatic N) is 2. The Morgan fingerprint density at radius 1 is 1.53 bits per heavy atom. The van der Waals surface area contributed by atoms with Gasteiger partial charge in [0.2, 0.25) is 0 Å². The van der Waals surface area contributed by atoms with Crippen LogP contribution in [0.25, 0.3) is 0 Å². The first-order valence-electron chi connectivity index (χ1n) is 5.72. The van der Waals surface area contributed by atoms with Crippen LogP contribution in [0.3, 0.4) is 0 Å². The van der Waals surface area contributed by atoms with Gasteiger partial charge in [0.25, 0.3) is 0 Å². The molecule has 92 valence electrons. The molecule has 1 aliphatic rings. The molecule has 17 heavy (non-hydrogen) atoms. The van der Waals surface area contributed by atoms with Gasteiger partial charge in [0, 0.05) is 19.3 Å². The lowest BCUT2D eigenvalue weighted by Crippen LogP contribution is -2.33. The first kappa shape index (κ1) is 12.2. The monoisotopic (exact) mass is 254 g/mol. The van der Waals surface area contributed by atoms with E-state index in [4.69, 9.17) is 16.7 Å². The number of hydrogen-bond acceptors (Lipinski definition) is 3. The Morgan fingerprint density at radius 3 is 2.76 bits per heavy atom. The summed E-state index contributed by atoms with van der Waals surface area (Å²) < 4.78 is 0. The molecule has 0 spiro atoms. The van der Waals surface area contributed by atoms with Gasteiger partial charge in [-0.25, -0.2) is 9.78 Å². The molecule has 2 heterocycles. The van der Waals surface area contributed by atoms with Crippen LogP contribution in [0.2, 0.25) is 5.02 Å². The van der Waals surface area contributed by atoms with E-state index in [-0.39, 0.29) is 10.6 Å². The van der Waals surface area contributed by atoms with Crippen LogP contribution in [0, 0.1) is 5.92 Å². The minimum atomic E-state index is -1.01. The van der Waals surface area contributed by atoms with Gasteiger partial charge in [0.15, 0.2) is 0 Å². The Hall–Kier alpha value is -1.29. The van der Waals surface area contributed by atoms with E-state index in [9.17, 15) is 4.79 Å². The maximum absolute atomic E-state index is 11.0. The van der Waals surface area contributed by atoms with Crippen LogP contribution in [0.5, 0.6) is 0 Å². The van der Waals surface area contributed by atoms with E-state index in [1.807, 2.05) is 0 Å². The van der Waals surface area contributed by atoms with E-state index in [1.165, 1.54) is 12.3 Å². The van der Waals surface area contributed by atoms with Crippen molar-refractivity contribution in [3.8, 4) is 0 Å². The van der Waals surface area contributed by atoms with E-state index >= 15 is 0 Å². The Morgan fingerprint density at radius 2 is 2.18 bits per heavy atom. The molecule has 0 radical (unpaired) electrons. The highest BCUT2D eigenvalue weighted by molar-refractivity contribution is 6.35. The molecule has 0 atom stereocenters. The molecule has 2 rings (SSSR count). The molecule has 0 bridgehead atoms. The third kappa shape index (κ3) is 2.52. The number of hydrogen-bond donors (Lipinski definition) is 1. The van der Waals surface area contributed by atoms with Gasteiger partial charge in [-0.2, -0.15) is 0 Å². The maximum Gasteiger partial charge on any atom is 0.337 e. The van der Waals surface area contributed by atoms with Gasteiger partial charge in [-0.05, 0) is 24.8 Å². The van der Waals surface area contributed by atoms with Crippen molar-refractivity contribution in [1.82, 2.24) is 4.98 Å². The summed E-state index contributed by atoms with van der Waals surface area (Å²) in [4.78, 5) is 17.2. The number of aromatic carboxylic acids is 1. The van der Waals surface area contributed by atoms with E-state index in [1.54, 1.807) is 0 Å². The van der Waals surface area contributed by atoms with E-state index in [0.29, 0.717) is 11.7 Å². The summed E-state index contributed by atoms with van der Waals surface area (Å²) >= 11 is 6.09. The molecular formula is C12H15ClN2O2. The molecule has 0 aromatic carbocycles. The fourth-order valence-electron chi connectivity index (χ4n) is 2.04. The number of carboxylic acids is 1. The van der Waals surface area contributed by atoms with Crippen LogP contribution in [0.4, 0.5) is 5.82 Å². The third-order valence-corrected chi connectivity index (χ3v) is 3.56. The Bertz CT molecular complexity index is 429. The van der Waals surface area contributed by atoms with Crippen LogP contribution in [-0.4, -0.2) is 29.1 Å². The standard InChI is InChI=1S/C12H15ClN2O2/c1-8-3-6-15(7-4-8)11-10(13)9(12(16)17)2-5-14-11/h2,5,8H,3-4,6-7H2,1H3,(H,16,17). The molecule has 1 N–H and O–H groups in total. The van der Waals surface area contributed by atoms with Crippen LogP contribution in [0.15, 0.2) is 12.3 Å². The van der Waals surface area contributed by atoms with Crippen molar-refractivity contribution in [2.45, 2.75) is 19.8 Å². The minimum Gasteiger partial charge on any atom is -0.478 e. The minimum absolute atomic E-state index is 0.121. The molecule has 0 aliphatic carbocycles. The predicted octanol–water partition coefficient (Wildman–Crippen LogP) is 2.67. The molecule has 1 saturated heterocycles. The second-order valence-electron chi connectivity index (χ2n) is 4.47. The number of carboxylic acid groups (broad SMARTS) is 1. The molecular weight excluding hydrogens is 240 g/mol. The quantitative estimate of drug-likeness (QED) is 0.882. The SMILES string of the molecule is CC1CCN(c2nccc(C(=O)O)c2Cl)CC1. The summed E-state index contributed by atoms with van der Waals surface area (Å²) in [6.07, 6.45) is 3.69. The maximum atomic E-state index is 11.0. The van der Waals surface area contributed by atoms with Gasteiger partial charge in [-0.3, -0.25) is 0 Å². The summed E-state index contributed by atoms with van der Waals surface area (Å²) in [5.41, 5.74) is 0.121. The molecule has 5 heteroatoms. The lowest BCUT2D eigenvalue weighted by molar-refractivity contribution is 0.0697. The summed E-state index contributed by atoms with van der Waals surface area (Å²) in [6, 6.07) is 1.43. The highest BCUT2D eigenvalue weighted by Gasteiger charge is 2.21. The highest BCUT2D eigenvalue weighted by Crippen LogP contribution is 2.29.